The highest BCUT2D eigenvalue weighted by atomic mass is 19.4. The summed E-state index contributed by atoms with van der Waals surface area (Å²) in [7, 11) is 0. The van der Waals surface area contributed by atoms with E-state index in [4.69, 9.17) is 4.74 Å². The molecule has 0 aromatic rings. The number of nitrogens with one attached hydrogen (secondary N) is 1. The van der Waals surface area contributed by atoms with E-state index in [9.17, 15) is 27.6 Å². The van der Waals surface area contributed by atoms with E-state index < -0.39 is 35.2 Å². The zero-order chi connectivity index (χ0) is 17.3. The zero-order valence-corrected chi connectivity index (χ0v) is 12.8. The number of amides is 2. The molecule has 9 heteroatoms. The number of carbonyl (C=O) groups is 3. The highest BCUT2D eigenvalue weighted by molar-refractivity contribution is 5.83. The van der Waals surface area contributed by atoms with Crippen LogP contribution in [0, 0.1) is 5.92 Å². The lowest BCUT2D eigenvalue weighted by Gasteiger charge is -2.29. The number of halogens is 3. The van der Waals surface area contributed by atoms with Crippen LogP contribution in [0.1, 0.15) is 27.7 Å². The fraction of sp³-hybridized carbons (Fsp3) is 0.769. The molecule has 1 fully saturated rings. The van der Waals surface area contributed by atoms with Gasteiger partial charge in [0, 0.05) is 13.1 Å². The number of hydrogen-bond acceptors (Lipinski definition) is 4. The highest BCUT2D eigenvalue weighted by Crippen LogP contribution is 2.29. The maximum absolute atomic E-state index is 12.4. The van der Waals surface area contributed by atoms with Gasteiger partial charge in [-0.05, 0) is 27.7 Å². The summed E-state index contributed by atoms with van der Waals surface area (Å²) in [5, 5.41) is 1.80. The second-order valence-electron chi connectivity index (χ2n) is 6.47. The van der Waals surface area contributed by atoms with E-state index in [-0.39, 0.29) is 13.1 Å². The number of rotatable bonds is 2. The second-order valence-corrected chi connectivity index (χ2v) is 6.47. The van der Waals surface area contributed by atoms with E-state index in [1.165, 1.54) is 6.92 Å². The van der Waals surface area contributed by atoms with Gasteiger partial charge in [0.15, 0.2) is 0 Å². The fourth-order valence-electron chi connectivity index (χ4n) is 2.14. The number of likely N-dealkylation sites (tertiary alicyclic amines) is 1. The average Bonchev–Trinajstić information content (AvgIpc) is 2.62. The number of aldehydes is 1. The number of nitrogens with zero attached hydrogens (tertiary/aromatic N) is 1. The molecule has 1 saturated heterocycles. The van der Waals surface area contributed by atoms with Gasteiger partial charge in [0.1, 0.15) is 11.9 Å². The molecule has 1 rings (SSSR count). The molecule has 1 heterocycles. The van der Waals surface area contributed by atoms with Gasteiger partial charge in [-0.2, -0.15) is 13.2 Å². The largest absolute Gasteiger partial charge is 0.471 e. The van der Waals surface area contributed by atoms with Crippen LogP contribution in [0.5, 0.6) is 0 Å². The van der Waals surface area contributed by atoms with Crippen molar-refractivity contribution < 1.29 is 32.3 Å². The van der Waals surface area contributed by atoms with Crippen molar-refractivity contribution in [2.24, 2.45) is 5.92 Å². The third-order valence-electron chi connectivity index (χ3n) is 3.23. The molecule has 2 atom stereocenters. The predicted molar refractivity (Wildman–Crippen MR) is 70.0 cm³/mol. The summed E-state index contributed by atoms with van der Waals surface area (Å²) in [5.41, 5.74) is -2.27. The quantitative estimate of drug-likeness (QED) is 0.781. The highest BCUT2D eigenvalue weighted by Gasteiger charge is 2.50. The Morgan fingerprint density at radius 1 is 1.32 bits per heavy atom. The molecule has 2 amide bonds. The summed E-state index contributed by atoms with van der Waals surface area (Å²) < 4.78 is 42.2. The lowest BCUT2D eigenvalue weighted by atomic mass is 9.90. The molecule has 0 saturated carbocycles. The Labute approximate surface area is 126 Å². The van der Waals surface area contributed by atoms with Crippen molar-refractivity contribution in [1.82, 2.24) is 10.2 Å². The van der Waals surface area contributed by atoms with Gasteiger partial charge in [-0.25, -0.2) is 4.79 Å². The van der Waals surface area contributed by atoms with Gasteiger partial charge in [0.25, 0.3) is 0 Å². The van der Waals surface area contributed by atoms with Gasteiger partial charge in [-0.3, -0.25) is 4.79 Å². The number of carbonyl (C=O) groups excluding carboxylic acids is 3. The third-order valence-corrected chi connectivity index (χ3v) is 3.23. The number of alkyl halides is 3. The summed E-state index contributed by atoms with van der Waals surface area (Å²) in [6.07, 6.45) is -5.37. The van der Waals surface area contributed by atoms with Crippen molar-refractivity contribution in [3.8, 4) is 0 Å². The molecule has 0 radical (unpaired) electrons. The van der Waals surface area contributed by atoms with Crippen molar-refractivity contribution >= 4 is 18.3 Å². The van der Waals surface area contributed by atoms with Crippen molar-refractivity contribution in [2.45, 2.75) is 45.0 Å². The smallest absolute Gasteiger partial charge is 0.444 e. The van der Waals surface area contributed by atoms with E-state index in [0.717, 1.165) is 4.90 Å². The van der Waals surface area contributed by atoms with Crippen LogP contribution in [0.15, 0.2) is 0 Å². The lowest BCUT2D eigenvalue weighted by Crippen LogP contribution is -2.56. The van der Waals surface area contributed by atoms with Crippen LogP contribution in [0.4, 0.5) is 18.0 Å². The molecule has 0 bridgehead atoms. The lowest BCUT2D eigenvalue weighted by molar-refractivity contribution is -0.175. The van der Waals surface area contributed by atoms with Crippen molar-refractivity contribution in [1.29, 1.82) is 0 Å². The maximum Gasteiger partial charge on any atom is 0.471 e. The number of hydrogen-bond donors (Lipinski definition) is 1. The van der Waals surface area contributed by atoms with Crippen LogP contribution in [0.3, 0.4) is 0 Å². The second kappa shape index (κ2) is 5.77. The Hall–Kier alpha value is -1.80. The Bertz CT molecular complexity index is 473. The van der Waals surface area contributed by atoms with Crippen molar-refractivity contribution in [3.05, 3.63) is 0 Å². The van der Waals surface area contributed by atoms with Crippen LogP contribution < -0.4 is 5.32 Å². The normalized spacial score (nSPS) is 25.8. The Morgan fingerprint density at radius 2 is 1.86 bits per heavy atom. The molecule has 0 aliphatic carbocycles. The molecule has 1 N–H and O–H groups in total. The minimum atomic E-state index is -5.06. The van der Waals surface area contributed by atoms with Crippen LogP contribution >= 0.6 is 0 Å². The molecule has 126 valence electrons. The summed E-state index contributed by atoms with van der Waals surface area (Å²) >= 11 is 0. The summed E-state index contributed by atoms with van der Waals surface area (Å²) in [6.45, 7) is 5.86. The summed E-state index contributed by atoms with van der Waals surface area (Å²) in [6, 6.07) is 0. The molecular weight excluding hydrogens is 305 g/mol. The Morgan fingerprint density at radius 3 is 2.27 bits per heavy atom. The minimum Gasteiger partial charge on any atom is -0.444 e. The summed E-state index contributed by atoms with van der Waals surface area (Å²) in [4.78, 5) is 35.3. The first kappa shape index (κ1) is 18.2. The monoisotopic (exact) mass is 324 g/mol. The minimum absolute atomic E-state index is 0.118. The first-order valence-corrected chi connectivity index (χ1v) is 6.61. The summed E-state index contributed by atoms with van der Waals surface area (Å²) in [5.74, 6) is -3.10. The van der Waals surface area contributed by atoms with E-state index in [2.05, 4.69) is 0 Å². The Kier molecular flexibility index (Phi) is 4.79. The SMILES string of the molecule is CC(C)(C)OC(=O)N1C[C@H](C=O)[C@](C)(NC(=O)C(F)(F)F)C1. The van der Waals surface area contributed by atoms with Gasteiger partial charge in [0.05, 0.1) is 11.5 Å². The molecule has 0 aromatic heterocycles. The van der Waals surface area contributed by atoms with Gasteiger partial charge in [0.2, 0.25) is 0 Å². The molecule has 22 heavy (non-hydrogen) atoms. The van der Waals surface area contributed by atoms with Gasteiger partial charge in [-0.15, -0.1) is 0 Å². The topological polar surface area (TPSA) is 75.7 Å². The number of ether oxygens (including phenoxy) is 1. The Balaban J connectivity index is 2.86. The van der Waals surface area contributed by atoms with E-state index in [0.29, 0.717) is 6.29 Å². The molecule has 0 unspecified atom stereocenters. The van der Waals surface area contributed by atoms with Crippen LogP contribution in [-0.4, -0.2) is 53.6 Å². The molecule has 1 aliphatic rings. The van der Waals surface area contributed by atoms with E-state index in [1.54, 1.807) is 26.1 Å². The molecule has 0 aromatic carbocycles. The van der Waals surface area contributed by atoms with Crippen LogP contribution in [-0.2, 0) is 14.3 Å². The first-order chi connectivity index (χ1) is 9.78. The van der Waals surface area contributed by atoms with E-state index in [1.807, 2.05) is 0 Å². The first-order valence-electron chi connectivity index (χ1n) is 6.61. The fourth-order valence-corrected chi connectivity index (χ4v) is 2.14. The van der Waals surface area contributed by atoms with Gasteiger partial charge >= 0.3 is 18.2 Å². The molecule has 0 spiro atoms. The van der Waals surface area contributed by atoms with Crippen molar-refractivity contribution in [2.75, 3.05) is 13.1 Å². The van der Waals surface area contributed by atoms with E-state index >= 15 is 0 Å². The van der Waals surface area contributed by atoms with Crippen LogP contribution in [0.25, 0.3) is 0 Å². The zero-order valence-electron chi connectivity index (χ0n) is 12.8. The van der Waals surface area contributed by atoms with Gasteiger partial charge < -0.3 is 19.7 Å². The molecule has 1 aliphatic heterocycles. The predicted octanol–water partition coefficient (Wildman–Crippen LogP) is 1.49. The molecular formula is C13H19F3N2O4. The van der Waals surface area contributed by atoms with Crippen molar-refractivity contribution in [3.63, 3.8) is 0 Å². The maximum atomic E-state index is 12.4. The third kappa shape index (κ3) is 4.35. The molecule has 6 nitrogen and oxygen atoms in total. The standard InChI is InChI=1S/C13H19F3N2O4/c1-11(2,3)22-10(21)18-5-8(6-19)12(4,7-18)17-9(20)13(14,15)16/h6,8H,5,7H2,1-4H3,(H,17,20)/t8-,12-/m1/s1. The average molecular weight is 324 g/mol. The van der Waals surface area contributed by atoms with Crippen LogP contribution in [0.2, 0.25) is 0 Å². The van der Waals surface area contributed by atoms with Gasteiger partial charge in [-0.1, -0.05) is 0 Å².